The smallest absolute Gasteiger partial charge is 0.124 e. The third-order valence-electron chi connectivity index (χ3n) is 3.16. The Morgan fingerprint density at radius 2 is 2.19 bits per heavy atom. The number of hydrogen-bond acceptors (Lipinski definition) is 3. The third-order valence-corrected chi connectivity index (χ3v) is 4.09. The first-order chi connectivity index (χ1) is 10.2. The van der Waals surface area contributed by atoms with Gasteiger partial charge in [-0.2, -0.15) is 0 Å². The number of nitrogens with two attached hydrogens (primary N) is 1. The molecule has 0 saturated heterocycles. The molecule has 2 aromatic rings. The van der Waals surface area contributed by atoms with Gasteiger partial charge in [-0.05, 0) is 42.6 Å². The van der Waals surface area contributed by atoms with Gasteiger partial charge in [0.2, 0.25) is 0 Å². The monoisotopic (exact) mass is 302 g/mol. The molecular weight excluding hydrogens is 283 g/mol. The maximum Gasteiger partial charge on any atom is 0.124 e. The minimum atomic E-state index is -0.263. The lowest BCUT2D eigenvalue weighted by atomic mass is 10.1. The molecule has 0 radical (unpaired) electrons. The molecule has 2 nitrogen and oxygen atoms in total. The Labute approximate surface area is 129 Å². The van der Waals surface area contributed by atoms with Crippen LogP contribution in [0.25, 0.3) is 0 Å². The molecule has 1 aromatic heterocycles. The summed E-state index contributed by atoms with van der Waals surface area (Å²) in [6, 6.07) is 8.98. The van der Waals surface area contributed by atoms with Crippen LogP contribution in [0.3, 0.4) is 0 Å². The minimum absolute atomic E-state index is 0.263. The second-order valence-corrected chi connectivity index (χ2v) is 5.91. The Hall–Kier alpha value is -1.67. The molecule has 1 heterocycles. The fourth-order valence-corrected chi connectivity index (χ4v) is 2.77. The van der Waals surface area contributed by atoms with Crippen LogP contribution in [0.4, 0.5) is 4.39 Å². The summed E-state index contributed by atoms with van der Waals surface area (Å²) in [7, 11) is 2.07. The summed E-state index contributed by atoms with van der Waals surface area (Å²) in [5, 5.41) is 2.09. The van der Waals surface area contributed by atoms with Crippen molar-refractivity contribution in [3.63, 3.8) is 0 Å². The van der Waals surface area contributed by atoms with Gasteiger partial charge in [0.05, 0.1) is 6.54 Å². The van der Waals surface area contributed by atoms with Crippen LogP contribution in [-0.4, -0.2) is 25.0 Å². The number of rotatable bonds is 5. The third kappa shape index (κ3) is 4.98. The zero-order valence-electron chi connectivity index (χ0n) is 12.1. The number of thiophene rings is 1. The molecule has 0 spiro atoms. The number of benzene rings is 1. The average molecular weight is 302 g/mol. The van der Waals surface area contributed by atoms with Gasteiger partial charge in [-0.15, -0.1) is 11.3 Å². The average Bonchev–Trinajstić information content (AvgIpc) is 2.98. The summed E-state index contributed by atoms with van der Waals surface area (Å²) < 4.78 is 13.3. The van der Waals surface area contributed by atoms with E-state index in [0.717, 1.165) is 30.6 Å². The predicted molar refractivity (Wildman–Crippen MR) is 86.7 cm³/mol. The Kier molecular flexibility index (Phi) is 5.94. The predicted octanol–water partition coefficient (Wildman–Crippen LogP) is 2.87. The van der Waals surface area contributed by atoms with Crippen molar-refractivity contribution in [3.8, 4) is 11.8 Å². The molecule has 0 fully saturated rings. The van der Waals surface area contributed by atoms with Crippen molar-refractivity contribution in [1.82, 2.24) is 4.90 Å². The van der Waals surface area contributed by atoms with Crippen LogP contribution >= 0.6 is 11.3 Å². The van der Waals surface area contributed by atoms with E-state index in [1.54, 1.807) is 17.4 Å². The molecule has 110 valence electrons. The SMILES string of the molecule is CN(CCc1cccs1)Cc1ccc(F)cc1C#CCN. The molecule has 0 aliphatic carbocycles. The molecule has 0 atom stereocenters. The van der Waals surface area contributed by atoms with Crippen molar-refractivity contribution in [2.45, 2.75) is 13.0 Å². The van der Waals surface area contributed by atoms with Gasteiger partial charge in [0.25, 0.3) is 0 Å². The van der Waals surface area contributed by atoms with Crippen molar-refractivity contribution >= 4 is 11.3 Å². The number of halogens is 1. The number of hydrogen-bond donors (Lipinski definition) is 1. The zero-order chi connectivity index (χ0) is 15.1. The van der Waals surface area contributed by atoms with Crippen molar-refractivity contribution in [2.75, 3.05) is 20.1 Å². The van der Waals surface area contributed by atoms with E-state index in [4.69, 9.17) is 5.73 Å². The molecule has 21 heavy (non-hydrogen) atoms. The second kappa shape index (κ2) is 7.94. The molecule has 2 N–H and O–H groups in total. The molecular formula is C17H19FN2S. The molecule has 1 aromatic carbocycles. The van der Waals surface area contributed by atoms with Crippen LogP contribution in [0, 0.1) is 17.7 Å². The summed E-state index contributed by atoms with van der Waals surface area (Å²) in [5.74, 6) is 5.48. The molecule has 0 aliphatic heterocycles. The molecule has 0 unspecified atom stereocenters. The van der Waals surface area contributed by atoms with Crippen LogP contribution in [0.15, 0.2) is 35.7 Å². The molecule has 0 aliphatic rings. The molecule has 0 amide bonds. The number of nitrogens with zero attached hydrogens (tertiary/aromatic N) is 1. The normalized spacial score (nSPS) is 10.5. The summed E-state index contributed by atoms with van der Waals surface area (Å²) in [6.45, 7) is 1.99. The minimum Gasteiger partial charge on any atom is -0.320 e. The summed E-state index contributed by atoms with van der Waals surface area (Å²) in [5.41, 5.74) is 7.15. The Morgan fingerprint density at radius 3 is 2.90 bits per heavy atom. The Morgan fingerprint density at radius 1 is 1.33 bits per heavy atom. The van der Waals surface area contributed by atoms with E-state index in [9.17, 15) is 4.39 Å². The van der Waals surface area contributed by atoms with Crippen LogP contribution in [0.5, 0.6) is 0 Å². The van der Waals surface area contributed by atoms with Crippen LogP contribution in [0.1, 0.15) is 16.0 Å². The van der Waals surface area contributed by atoms with Crippen LogP contribution in [0.2, 0.25) is 0 Å². The maximum atomic E-state index is 13.3. The van der Waals surface area contributed by atoms with Gasteiger partial charge < -0.3 is 10.6 Å². The first-order valence-electron chi connectivity index (χ1n) is 6.87. The van der Waals surface area contributed by atoms with E-state index in [1.165, 1.54) is 17.0 Å². The van der Waals surface area contributed by atoms with Crippen LogP contribution < -0.4 is 5.73 Å². The molecule has 4 heteroatoms. The van der Waals surface area contributed by atoms with Gasteiger partial charge >= 0.3 is 0 Å². The summed E-state index contributed by atoms with van der Waals surface area (Å²) in [6.07, 6.45) is 1.03. The van der Waals surface area contributed by atoms with E-state index in [2.05, 4.69) is 41.3 Å². The molecule has 0 bridgehead atoms. The van der Waals surface area contributed by atoms with Crippen molar-refractivity contribution in [3.05, 3.63) is 57.5 Å². The highest BCUT2D eigenvalue weighted by Gasteiger charge is 2.06. The van der Waals surface area contributed by atoms with E-state index >= 15 is 0 Å². The van der Waals surface area contributed by atoms with Gasteiger partial charge in [-0.3, -0.25) is 0 Å². The quantitative estimate of drug-likeness (QED) is 0.861. The van der Waals surface area contributed by atoms with E-state index < -0.39 is 0 Å². The fraction of sp³-hybridized carbons (Fsp3) is 0.294. The molecule has 2 rings (SSSR count). The van der Waals surface area contributed by atoms with Crippen molar-refractivity contribution < 1.29 is 4.39 Å². The van der Waals surface area contributed by atoms with E-state index in [-0.39, 0.29) is 12.4 Å². The van der Waals surface area contributed by atoms with Gasteiger partial charge in [0.15, 0.2) is 0 Å². The van der Waals surface area contributed by atoms with Gasteiger partial charge in [0.1, 0.15) is 5.82 Å². The van der Waals surface area contributed by atoms with Crippen molar-refractivity contribution in [2.24, 2.45) is 5.73 Å². The molecule has 0 saturated carbocycles. The highest BCUT2D eigenvalue weighted by atomic mass is 32.1. The van der Waals surface area contributed by atoms with Crippen LogP contribution in [-0.2, 0) is 13.0 Å². The lowest BCUT2D eigenvalue weighted by Crippen LogP contribution is -2.21. The summed E-state index contributed by atoms with van der Waals surface area (Å²) >= 11 is 1.77. The van der Waals surface area contributed by atoms with Crippen molar-refractivity contribution in [1.29, 1.82) is 0 Å². The Balaban J connectivity index is 2.00. The van der Waals surface area contributed by atoms with E-state index in [1.807, 2.05) is 0 Å². The lowest BCUT2D eigenvalue weighted by Gasteiger charge is -2.17. The largest absolute Gasteiger partial charge is 0.320 e. The highest BCUT2D eigenvalue weighted by Crippen LogP contribution is 2.14. The maximum absolute atomic E-state index is 13.3. The Bertz CT molecular complexity index is 626. The van der Waals surface area contributed by atoms with Gasteiger partial charge in [-0.25, -0.2) is 4.39 Å². The second-order valence-electron chi connectivity index (χ2n) is 4.87. The first-order valence-corrected chi connectivity index (χ1v) is 7.75. The summed E-state index contributed by atoms with van der Waals surface area (Å²) in [4.78, 5) is 3.60. The lowest BCUT2D eigenvalue weighted by molar-refractivity contribution is 0.331. The fourth-order valence-electron chi connectivity index (χ4n) is 2.07. The zero-order valence-corrected chi connectivity index (χ0v) is 12.9. The highest BCUT2D eigenvalue weighted by molar-refractivity contribution is 7.09. The number of likely N-dealkylation sites (N-methyl/N-ethyl adjacent to an activating group) is 1. The van der Waals surface area contributed by atoms with Gasteiger partial charge in [-0.1, -0.05) is 24.0 Å². The first kappa shape index (κ1) is 15.7. The topological polar surface area (TPSA) is 29.3 Å². The van der Waals surface area contributed by atoms with Gasteiger partial charge in [0, 0.05) is 23.5 Å². The van der Waals surface area contributed by atoms with E-state index in [0.29, 0.717) is 0 Å². The standard InChI is InChI=1S/C17H19FN2S/c1-20(10-8-17-5-3-11-21-17)13-15-6-7-16(18)12-14(15)4-2-9-19/h3,5-7,11-12H,8-10,13,19H2,1H3.